The van der Waals surface area contributed by atoms with E-state index in [0.29, 0.717) is 11.5 Å². The van der Waals surface area contributed by atoms with Crippen molar-refractivity contribution in [2.45, 2.75) is 39.2 Å². The van der Waals surface area contributed by atoms with E-state index in [0.717, 1.165) is 30.3 Å². The molecule has 0 aliphatic carbocycles. The van der Waals surface area contributed by atoms with Crippen molar-refractivity contribution < 1.29 is 0 Å². The molecule has 0 unspecified atom stereocenters. The minimum Gasteiger partial charge on any atom is -0.372 e. The molecule has 0 aromatic heterocycles. The molecule has 4 nitrogen and oxygen atoms in total. The van der Waals surface area contributed by atoms with Crippen LogP contribution >= 0.6 is 12.2 Å². The summed E-state index contributed by atoms with van der Waals surface area (Å²) in [7, 11) is 0. The molecule has 5 heteroatoms. The molecule has 1 saturated heterocycles. The fourth-order valence-corrected chi connectivity index (χ4v) is 3.78. The number of thiocarbonyl (C=S) groups is 1. The summed E-state index contributed by atoms with van der Waals surface area (Å²) in [6.45, 7) is 6.75. The molecular weight excluding hydrogens is 364 g/mol. The summed E-state index contributed by atoms with van der Waals surface area (Å²) in [6.07, 6.45) is 2.97. The van der Waals surface area contributed by atoms with Crippen molar-refractivity contribution in [1.29, 1.82) is 5.26 Å². The summed E-state index contributed by atoms with van der Waals surface area (Å²) in [4.78, 5) is 2.48. The first-order valence-electron chi connectivity index (χ1n) is 9.93. The van der Waals surface area contributed by atoms with Gasteiger partial charge in [-0.2, -0.15) is 5.26 Å². The molecule has 146 valence electrons. The highest BCUT2D eigenvalue weighted by molar-refractivity contribution is 7.80. The van der Waals surface area contributed by atoms with Crippen LogP contribution in [0.15, 0.2) is 48.5 Å². The number of rotatable bonds is 5. The van der Waals surface area contributed by atoms with E-state index in [1.54, 1.807) is 0 Å². The molecule has 0 amide bonds. The van der Waals surface area contributed by atoms with Gasteiger partial charge in [0.2, 0.25) is 0 Å². The van der Waals surface area contributed by atoms with E-state index in [9.17, 15) is 0 Å². The highest BCUT2D eigenvalue weighted by Crippen LogP contribution is 2.24. The van der Waals surface area contributed by atoms with Gasteiger partial charge in [0.1, 0.15) is 0 Å². The van der Waals surface area contributed by atoms with E-state index in [2.05, 4.69) is 59.7 Å². The van der Waals surface area contributed by atoms with Crippen molar-refractivity contribution >= 4 is 28.7 Å². The maximum absolute atomic E-state index is 8.74. The highest BCUT2D eigenvalue weighted by atomic mass is 32.1. The van der Waals surface area contributed by atoms with Crippen LogP contribution < -0.4 is 15.5 Å². The van der Waals surface area contributed by atoms with Crippen molar-refractivity contribution in [3.63, 3.8) is 0 Å². The summed E-state index contributed by atoms with van der Waals surface area (Å²) < 4.78 is 0. The molecule has 1 heterocycles. The van der Waals surface area contributed by atoms with Gasteiger partial charge in [-0.1, -0.05) is 31.2 Å². The van der Waals surface area contributed by atoms with Crippen LogP contribution in [0, 0.1) is 17.2 Å². The van der Waals surface area contributed by atoms with Crippen molar-refractivity contribution in [3.8, 4) is 6.07 Å². The van der Waals surface area contributed by atoms with Crippen LogP contribution in [0.4, 0.5) is 11.4 Å². The van der Waals surface area contributed by atoms with Gasteiger partial charge in [0, 0.05) is 24.5 Å². The summed E-state index contributed by atoms with van der Waals surface area (Å²) in [5.74, 6) is 0.843. The Kier molecular flexibility index (Phi) is 6.89. The molecule has 2 aromatic carbocycles. The number of nitrogens with zero attached hydrogens (tertiary/aromatic N) is 2. The Balaban J connectivity index is 1.53. The van der Waals surface area contributed by atoms with Crippen molar-refractivity contribution in [2.24, 2.45) is 5.92 Å². The zero-order valence-corrected chi connectivity index (χ0v) is 17.4. The topological polar surface area (TPSA) is 51.1 Å². The molecule has 1 fully saturated rings. The number of hydrogen-bond donors (Lipinski definition) is 2. The highest BCUT2D eigenvalue weighted by Gasteiger charge is 2.16. The van der Waals surface area contributed by atoms with E-state index < -0.39 is 0 Å². The SMILES string of the molecule is CC1CCN(c2ccc([C@H](C)NC(=S)Nc3ccc(CC#N)cc3)cc2)CC1. The van der Waals surface area contributed by atoms with Gasteiger partial charge in [-0.05, 0) is 73.3 Å². The Labute approximate surface area is 173 Å². The molecule has 1 aliphatic heterocycles. The Morgan fingerprint density at radius 1 is 1.14 bits per heavy atom. The Morgan fingerprint density at radius 2 is 1.79 bits per heavy atom. The molecule has 1 atom stereocenters. The minimum atomic E-state index is 0.119. The number of nitrogens with one attached hydrogen (secondary N) is 2. The van der Waals surface area contributed by atoms with Gasteiger partial charge < -0.3 is 15.5 Å². The number of anilines is 2. The molecule has 1 aliphatic rings. The van der Waals surface area contributed by atoms with Gasteiger partial charge >= 0.3 is 0 Å². The molecule has 0 saturated carbocycles. The molecule has 28 heavy (non-hydrogen) atoms. The van der Waals surface area contributed by atoms with E-state index in [1.807, 2.05) is 24.3 Å². The molecule has 0 radical (unpaired) electrons. The molecular formula is C23H28N4S. The number of nitriles is 1. The van der Waals surface area contributed by atoms with E-state index >= 15 is 0 Å². The molecule has 3 rings (SSSR count). The smallest absolute Gasteiger partial charge is 0.171 e. The quantitative estimate of drug-likeness (QED) is 0.699. The first kappa shape index (κ1) is 20.2. The molecule has 2 N–H and O–H groups in total. The standard InChI is InChI=1S/C23H28N4S/c1-17-12-15-27(16-13-17)22-9-5-20(6-10-22)18(2)25-23(28)26-21-7-3-19(4-8-21)11-14-24/h3-10,17-18H,11-13,15-16H2,1-2H3,(H2,25,26,28)/t18-/m0/s1. The van der Waals surface area contributed by atoms with Crippen LogP contribution in [0.5, 0.6) is 0 Å². The van der Waals surface area contributed by atoms with Crippen molar-refractivity contribution in [3.05, 3.63) is 59.7 Å². The number of benzene rings is 2. The lowest BCUT2D eigenvalue weighted by Gasteiger charge is -2.32. The third kappa shape index (κ3) is 5.46. The monoisotopic (exact) mass is 392 g/mol. The third-order valence-electron chi connectivity index (χ3n) is 5.38. The van der Waals surface area contributed by atoms with Crippen LogP contribution in [0.2, 0.25) is 0 Å². The normalized spacial score (nSPS) is 15.5. The van der Waals surface area contributed by atoms with Crippen LogP contribution in [-0.2, 0) is 6.42 Å². The van der Waals surface area contributed by atoms with Crippen LogP contribution in [0.3, 0.4) is 0 Å². The first-order chi connectivity index (χ1) is 13.5. The first-order valence-corrected chi connectivity index (χ1v) is 10.3. The van der Waals surface area contributed by atoms with Crippen molar-refractivity contribution in [2.75, 3.05) is 23.3 Å². The lowest BCUT2D eigenvalue weighted by Crippen LogP contribution is -2.33. The van der Waals surface area contributed by atoms with Gasteiger partial charge in [-0.3, -0.25) is 0 Å². The second kappa shape index (κ2) is 9.57. The zero-order valence-electron chi connectivity index (χ0n) is 16.6. The van der Waals surface area contributed by atoms with Gasteiger partial charge in [-0.25, -0.2) is 0 Å². The van der Waals surface area contributed by atoms with Crippen LogP contribution in [0.1, 0.15) is 43.9 Å². The van der Waals surface area contributed by atoms with Crippen molar-refractivity contribution in [1.82, 2.24) is 5.32 Å². The average Bonchev–Trinajstić information content (AvgIpc) is 2.70. The second-order valence-electron chi connectivity index (χ2n) is 7.61. The Morgan fingerprint density at radius 3 is 2.39 bits per heavy atom. The summed E-state index contributed by atoms with van der Waals surface area (Å²) >= 11 is 5.45. The molecule has 2 aromatic rings. The van der Waals surface area contributed by atoms with Gasteiger partial charge in [0.25, 0.3) is 0 Å². The maximum atomic E-state index is 8.74. The summed E-state index contributed by atoms with van der Waals surface area (Å²) in [5, 5.41) is 15.9. The van der Waals surface area contributed by atoms with Gasteiger partial charge in [0.15, 0.2) is 5.11 Å². The fourth-order valence-electron chi connectivity index (χ4n) is 3.48. The Hall–Kier alpha value is -2.58. The lowest BCUT2D eigenvalue weighted by molar-refractivity contribution is 0.438. The molecule has 0 bridgehead atoms. The predicted octanol–water partition coefficient (Wildman–Crippen LogP) is 5.04. The summed E-state index contributed by atoms with van der Waals surface area (Å²) in [6, 6.07) is 18.8. The predicted molar refractivity (Wildman–Crippen MR) is 121 cm³/mol. The van der Waals surface area contributed by atoms with Gasteiger partial charge in [-0.15, -0.1) is 0 Å². The largest absolute Gasteiger partial charge is 0.372 e. The number of hydrogen-bond acceptors (Lipinski definition) is 3. The molecule has 0 spiro atoms. The fraction of sp³-hybridized carbons (Fsp3) is 0.391. The zero-order chi connectivity index (χ0) is 19.9. The Bertz CT molecular complexity index is 815. The average molecular weight is 393 g/mol. The van der Waals surface area contributed by atoms with E-state index in [4.69, 9.17) is 17.5 Å². The van der Waals surface area contributed by atoms with Crippen LogP contribution in [-0.4, -0.2) is 18.2 Å². The maximum Gasteiger partial charge on any atom is 0.171 e. The third-order valence-corrected chi connectivity index (χ3v) is 5.60. The van der Waals surface area contributed by atoms with E-state index in [1.165, 1.54) is 24.1 Å². The van der Waals surface area contributed by atoms with Crippen LogP contribution in [0.25, 0.3) is 0 Å². The number of piperidine rings is 1. The summed E-state index contributed by atoms with van der Waals surface area (Å²) in [5.41, 5.74) is 4.44. The lowest BCUT2D eigenvalue weighted by atomic mass is 9.98. The van der Waals surface area contributed by atoms with Gasteiger partial charge in [0.05, 0.1) is 18.5 Å². The minimum absolute atomic E-state index is 0.119. The second-order valence-corrected chi connectivity index (χ2v) is 8.02. The van der Waals surface area contributed by atoms with E-state index in [-0.39, 0.29) is 6.04 Å².